The van der Waals surface area contributed by atoms with Crippen molar-refractivity contribution in [1.29, 1.82) is 0 Å². The van der Waals surface area contributed by atoms with Gasteiger partial charge in [0.2, 0.25) is 10.0 Å². The number of nitrogens with zero attached hydrogens (tertiary/aromatic N) is 1. The van der Waals surface area contributed by atoms with Crippen LogP contribution in [-0.2, 0) is 24.3 Å². The number of carbonyl (C=O) groups excluding carboxylic acids is 2. The lowest BCUT2D eigenvalue weighted by molar-refractivity contribution is -0.128. The predicted octanol–water partition coefficient (Wildman–Crippen LogP) is 1.33. The summed E-state index contributed by atoms with van der Waals surface area (Å²) in [7, 11) is -3.79. The highest BCUT2D eigenvalue weighted by molar-refractivity contribution is 7.89. The van der Waals surface area contributed by atoms with Crippen LogP contribution >= 0.6 is 0 Å². The Morgan fingerprint density at radius 3 is 2.61 bits per heavy atom. The van der Waals surface area contributed by atoms with Gasteiger partial charge < -0.3 is 14.8 Å². The molecule has 28 heavy (non-hydrogen) atoms. The van der Waals surface area contributed by atoms with Crippen LogP contribution in [0.5, 0.6) is 0 Å². The van der Waals surface area contributed by atoms with Crippen LogP contribution in [0.25, 0.3) is 0 Å². The standard InChI is InChI=1S/C19H26N2O6S/c1-5-9-20-18(22)15(4)27-19(23)16-7-6-8-17(10-16)28(24,25)21-11-13(2)26-14(3)12-21/h5-8,10,13-15H,1,9,11-12H2,2-4H3,(H,20,22)/t13-,14-,15+/m1/s1. The number of esters is 1. The predicted molar refractivity (Wildman–Crippen MR) is 103 cm³/mol. The van der Waals surface area contributed by atoms with E-state index in [0.717, 1.165) is 0 Å². The van der Waals surface area contributed by atoms with E-state index in [1.54, 1.807) is 0 Å². The van der Waals surface area contributed by atoms with Crippen LogP contribution < -0.4 is 5.32 Å². The fourth-order valence-electron chi connectivity index (χ4n) is 2.86. The molecule has 1 saturated heterocycles. The van der Waals surface area contributed by atoms with Gasteiger partial charge in [-0.15, -0.1) is 6.58 Å². The molecule has 1 aromatic rings. The highest BCUT2D eigenvalue weighted by atomic mass is 32.2. The Hall–Kier alpha value is -2.23. The van der Waals surface area contributed by atoms with Crippen molar-refractivity contribution in [2.24, 2.45) is 0 Å². The molecule has 2 rings (SSSR count). The van der Waals surface area contributed by atoms with Crippen molar-refractivity contribution in [3.63, 3.8) is 0 Å². The molecule has 154 valence electrons. The van der Waals surface area contributed by atoms with Crippen LogP contribution in [0.15, 0.2) is 41.8 Å². The van der Waals surface area contributed by atoms with Gasteiger partial charge in [0.25, 0.3) is 5.91 Å². The molecule has 0 radical (unpaired) electrons. The van der Waals surface area contributed by atoms with Crippen molar-refractivity contribution in [2.45, 2.75) is 44.0 Å². The summed E-state index contributed by atoms with van der Waals surface area (Å²) in [5, 5.41) is 2.53. The summed E-state index contributed by atoms with van der Waals surface area (Å²) in [6.45, 7) is 9.28. The summed E-state index contributed by atoms with van der Waals surface area (Å²) in [4.78, 5) is 24.1. The van der Waals surface area contributed by atoms with Crippen molar-refractivity contribution < 1.29 is 27.5 Å². The normalized spacial score (nSPS) is 21.5. The van der Waals surface area contributed by atoms with Crippen molar-refractivity contribution >= 4 is 21.9 Å². The molecule has 8 nitrogen and oxygen atoms in total. The van der Waals surface area contributed by atoms with Crippen LogP contribution in [0.4, 0.5) is 0 Å². The first-order chi connectivity index (χ1) is 13.1. The van der Waals surface area contributed by atoms with Crippen molar-refractivity contribution in [3.8, 4) is 0 Å². The van der Waals surface area contributed by atoms with E-state index in [4.69, 9.17) is 9.47 Å². The van der Waals surface area contributed by atoms with E-state index >= 15 is 0 Å². The van der Waals surface area contributed by atoms with Gasteiger partial charge in [0.15, 0.2) is 6.10 Å². The van der Waals surface area contributed by atoms with Crippen molar-refractivity contribution in [1.82, 2.24) is 9.62 Å². The maximum absolute atomic E-state index is 12.9. The zero-order valence-electron chi connectivity index (χ0n) is 16.3. The van der Waals surface area contributed by atoms with Gasteiger partial charge in [-0.3, -0.25) is 4.79 Å². The van der Waals surface area contributed by atoms with Crippen LogP contribution in [0.1, 0.15) is 31.1 Å². The molecule has 1 fully saturated rings. The third-order valence-corrected chi connectivity index (χ3v) is 5.99. The van der Waals surface area contributed by atoms with Crippen LogP contribution in [0.2, 0.25) is 0 Å². The van der Waals surface area contributed by atoms with Gasteiger partial charge >= 0.3 is 5.97 Å². The number of carbonyl (C=O) groups is 2. The maximum Gasteiger partial charge on any atom is 0.338 e. The maximum atomic E-state index is 12.9. The number of sulfonamides is 1. The first-order valence-corrected chi connectivity index (χ1v) is 10.4. The number of hydrogen-bond acceptors (Lipinski definition) is 6. The van der Waals surface area contributed by atoms with E-state index in [1.807, 2.05) is 13.8 Å². The Morgan fingerprint density at radius 2 is 2.00 bits per heavy atom. The summed E-state index contributed by atoms with van der Waals surface area (Å²) in [6.07, 6.45) is 0.0468. The highest BCUT2D eigenvalue weighted by Crippen LogP contribution is 2.22. The Kier molecular flexibility index (Phi) is 7.34. The minimum absolute atomic E-state index is 0.00740. The molecule has 0 aliphatic carbocycles. The molecular formula is C19H26N2O6S. The summed E-state index contributed by atoms with van der Waals surface area (Å²) in [6, 6.07) is 5.60. The number of hydrogen-bond donors (Lipinski definition) is 1. The summed E-state index contributed by atoms with van der Waals surface area (Å²) in [5.41, 5.74) is 0.0544. The van der Waals surface area contributed by atoms with Crippen molar-refractivity contribution in [2.75, 3.05) is 19.6 Å². The van der Waals surface area contributed by atoms with Gasteiger partial charge in [0, 0.05) is 19.6 Å². The van der Waals surface area contributed by atoms with Gasteiger partial charge in [-0.2, -0.15) is 4.31 Å². The molecule has 0 saturated carbocycles. The molecule has 3 atom stereocenters. The molecule has 0 unspecified atom stereocenters. The summed E-state index contributed by atoms with van der Waals surface area (Å²) >= 11 is 0. The monoisotopic (exact) mass is 410 g/mol. The van der Waals surface area contributed by atoms with Gasteiger partial charge in [0.1, 0.15) is 0 Å². The zero-order chi connectivity index (χ0) is 20.9. The Bertz CT molecular complexity index is 829. The average molecular weight is 410 g/mol. The third-order valence-electron chi connectivity index (χ3n) is 4.17. The molecule has 0 bridgehead atoms. The quantitative estimate of drug-likeness (QED) is 0.538. The molecule has 1 aromatic carbocycles. The second-order valence-electron chi connectivity index (χ2n) is 6.69. The lowest BCUT2D eigenvalue weighted by atomic mass is 10.2. The lowest BCUT2D eigenvalue weighted by Crippen LogP contribution is -2.48. The highest BCUT2D eigenvalue weighted by Gasteiger charge is 2.32. The van der Waals surface area contributed by atoms with E-state index in [0.29, 0.717) is 0 Å². The molecule has 1 aliphatic heterocycles. The number of ether oxygens (including phenoxy) is 2. The van der Waals surface area contributed by atoms with Gasteiger partial charge in [-0.25, -0.2) is 13.2 Å². The number of nitrogens with one attached hydrogen (secondary N) is 1. The minimum atomic E-state index is -3.79. The van der Waals surface area contributed by atoms with E-state index in [-0.39, 0.29) is 42.3 Å². The number of rotatable bonds is 7. The first kappa shape index (κ1) is 22.1. The number of amides is 1. The fourth-order valence-corrected chi connectivity index (χ4v) is 4.50. The van der Waals surface area contributed by atoms with Gasteiger partial charge in [0.05, 0.1) is 22.7 Å². The van der Waals surface area contributed by atoms with E-state index in [9.17, 15) is 18.0 Å². The topological polar surface area (TPSA) is 102 Å². The molecule has 1 N–H and O–H groups in total. The SMILES string of the molecule is C=CCNC(=O)[C@H](C)OC(=O)c1cccc(S(=O)(=O)N2C[C@@H](C)O[C@H](C)C2)c1. The Labute approximate surface area is 165 Å². The molecule has 1 amide bonds. The largest absolute Gasteiger partial charge is 0.449 e. The van der Waals surface area contributed by atoms with E-state index < -0.39 is 28.0 Å². The molecular weight excluding hydrogens is 384 g/mol. The number of morpholine rings is 1. The molecule has 0 aromatic heterocycles. The van der Waals surface area contributed by atoms with Gasteiger partial charge in [-0.05, 0) is 39.0 Å². The molecule has 1 aliphatic rings. The lowest BCUT2D eigenvalue weighted by Gasteiger charge is -2.34. The fraction of sp³-hybridized carbons (Fsp3) is 0.474. The van der Waals surface area contributed by atoms with Gasteiger partial charge in [-0.1, -0.05) is 12.1 Å². The minimum Gasteiger partial charge on any atom is -0.449 e. The Morgan fingerprint density at radius 1 is 1.36 bits per heavy atom. The van der Waals surface area contributed by atoms with Crippen LogP contribution in [-0.4, -0.2) is 62.5 Å². The third kappa shape index (κ3) is 5.40. The van der Waals surface area contributed by atoms with E-state index in [2.05, 4.69) is 11.9 Å². The average Bonchev–Trinajstić information content (AvgIpc) is 2.65. The van der Waals surface area contributed by atoms with E-state index in [1.165, 1.54) is 41.6 Å². The number of benzene rings is 1. The second kappa shape index (κ2) is 9.31. The smallest absolute Gasteiger partial charge is 0.338 e. The first-order valence-electron chi connectivity index (χ1n) is 9.00. The Balaban J connectivity index is 2.15. The molecule has 0 spiro atoms. The van der Waals surface area contributed by atoms with Crippen LogP contribution in [0.3, 0.4) is 0 Å². The van der Waals surface area contributed by atoms with Crippen molar-refractivity contribution in [3.05, 3.63) is 42.5 Å². The summed E-state index contributed by atoms with van der Waals surface area (Å²) < 4.78 is 38.0. The van der Waals surface area contributed by atoms with Crippen LogP contribution in [0, 0.1) is 0 Å². The molecule has 9 heteroatoms. The molecule has 1 heterocycles. The zero-order valence-corrected chi connectivity index (χ0v) is 17.1. The second-order valence-corrected chi connectivity index (χ2v) is 8.63. The summed E-state index contributed by atoms with van der Waals surface area (Å²) in [5.74, 6) is -1.24.